The molecule has 3 atom stereocenters. The van der Waals surface area contributed by atoms with Gasteiger partial charge in [-0.1, -0.05) is 6.58 Å². The topological polar surface area (TPSA) is 35.5 Å². The van der Waals surface area contributed by atoms with Crippen LogP contribution in [0.4, 0.5) is 13.2 Å². The lowest BCUT2D eigenvalue weighted by atomic mass is 9.98. The number of esters is 1. The maximum atomic E-state index is 12.1. The Morgan fingerprint density at radius 3 is 2.50 bits per heavy atom. The normalized spacial score (nSPS) is 30.5. The van der Waals surface area contributed by atoms with Gasteiger partial charge in [0.1, 0.15) is 5.57 Å². The van der Waals surface area contributed by atoms with E-state index in [4.69, 9.17) is 4.74 Å². The fourth-order valence-electron chi connectivity index (χ4n) is 2.77. The molecule has 2 bridgehead atoms. The number of halogens is 3. The number of fused-ring (bicyclic) bond motifs is 2. The predicted molar refractivity (Wildman–Crippen MR) is 56.5 cm³/mol. The van der Waals surface area contributed by atoms with Crippen molar-refractivity contribution in [2.45, 2.75) is 38.0 Å². The van der Waals surface area contributed by atoms with Gasteiger partial charge >= 0.3 is 12.1 Å². The Morgan fingerprint density at radius 2 is 2.00 bits per heavy atom. The van der Waals surface area contributed by atoms with Crippen LogP contribution in [0, 0.1) is 11.8 Å². The van der Waals surface area contributed by atoms with Crippen LogP contribution in [0.3, 0.4) is 0 Å². The number of rotatable bonds is 4. The molecule has 2 fully saturated rings. The molecule has 6 heteroatoms. The van der Waals surface area contributed by atoms with Crippen LogP contribution < -0.4 is 0 Å². The molecule has 0 aliphatic heterocycles. The summed E-state index contributed by atoms with van der Waals surface area (Å²) in [4.78, 5) is 11.0. The van der Waals surface area contributed by atoms with E-state index in [1.54, 1.807) is 0 Å². The molecule has 0 saturated heterocycles. The molecule has 0 heterocycles. The molecule has 2 rings (SSSR count). The molecule has 0 aromatic heterocycles. The van der Waals surface area contributed by atoms with Crippen molar-refractivity contribution in [1.29, 1.82) is 0 Å². The lowest BCUT2D eigenvalue weighted by molar-refractivity contribution is -0.167. The van der Waals surface area contributed by atoms with E-state index in [2.05, 4.69) is 11.3 Å². The molecular weight excluding hydrogens is 249 g/mol. The van der Waals surface area contributed by atoms with Gasteiger partial charge in [0, 0.05) is 0 Å². The number of carbonyl (C=O) groups is 1. The summed E-state index contributed by atoms with van der Waals surface area (Å²) in [5, 5.41) is 0. The molecule has 0 radical (unpaired) electrons. The lowest BCUT2D eigenvalue weighted by Gasteiger charge is -2.21. The number of alkyl halides is 3. The van der Waals surface area contributed by atoms with Crippen LogP contribution in [0.25, 0.3) is 0 Å². The second kappa shape index (κ2) is 4.91. The first-order chi connectivity index (χ1) is 8.38. The number of hydrogen-bond donors (Lipinski definition) is 0. The Kier molecular flexibility index (Phi) is 3.66. The Labute approximate surface area is 103 Å². The second-order valence-corrected chi connectivity index (χ2v) is 4.91. The SMILES string of the molecule is C=C(C(=O)OCOC1CC2CCC1C2)C(F)(F)F. The first-order valence-corrected chi connectivity index (χ1v) is 5.92. The van der Waals surface area contributed by atoms with Crippen molar-refractivity contribution in [3.8, 4) is 0 Å². The average molecular weight is 264 g/mol. The summed E-state index contributed by atoms with van der Waals surface area (Å²) in [6, 6.07) is 0. The third-order valence-electron chi connectivity index (χ3n) is 3.73. The van der Waals surface area contributed by atoms with Crippen LogP contribution in [-0.2, 0) is 14.3 Å². The summed E-state index contributed by atoms with van der Waals surface area (Å²) in [5.74, 6) is -0.328. The highest BCUT2D eigenvalue weighted by Gasteiger charge is 2.41. The molecule has 0 aromatic rings. The molecule has 0 aromatic carbocycles. The van der Waals surface area contributed by atoms with Gasteiger partial charge < -0.3 is 9.47 Å². The smallest absolute Gasteiger partial charge is 0.422 e. The quantitative estimate of drug-likeness (QED) is 0.445. The molecule has 0 N–H and O–H groups in total. The van der Waals surface area contributed by atoms with Gasteiger partial charge in [-0.2, -0.15) is 13.2 Å². The van der Waals surface area contributed by atoms with Crippen molar-refractivity contribution in [2.75, 3.05) is 6.79 Å². The van der Waals surface area contributed by atoms with Crippen LogP contribution in [-0.4, -0.2) is 25.0 Å². The van der Waals surface area contributed by atoms with Gasteiger partial charge in [-0.15, -0.1) is 0 Å². The third-order valence-corrected chi connectivity index (χ3v) is 3.73. The van der Waals surface area contributed by atoms with Gasteiger partial charge in [0.2, 0.25) is 0 Å². The second-order valence-electron chi connectivity index (χ2n) is 4.91. The first kappa shape index (κ1) is 13.4. The molecule has 2 aliphatic rings. The molecule has 3 unspecified atom stereocenters. The van der Waals surface area contributed by atoms with Crippen LogP contribution in [0.2, 0.25) is 0 Å². The molecule has 18 heavy (non-hydrogen) atoms. The van der Waals surface area contributed by atoms with Crippen LogP contribution in [0.1, 0.15) is 25.7 Å². The molecule has 2 saturated carbocycles. The Hall–Kier alpha value is -1.04. The van der Waals surface area contributed by atoms with Gasteiger partial charge in [0.05, 0.1) is 6.10 Å². The minimum absolute atomic E-state index is 0.0238. The fraction of sp³-hybridized carbons (Fsp3) is 0.750. The molecule has 3 nitrogen and oxygen atoms in total. The van der Waals surface area contributed by atoms with Gasteiger partial charge in [-0.25, -0.2) is 4.79 Å². The fourth-order valence-corrected chi connectivity index (χ4v) is 2.77. The van der Waals surface area contributed by atoms with Crippen molar-refractivity contribution in [3.63, 3.8) is 0 Å². The van der Waals surface area contributed by atoms with Crippen LogP contribution in [0.15, 0.2) is 12.2 Å². The standard InChI is InChI=1S/C12H15F3O3/c1-7(12(13,14)15)11(16)18-6-17-10-5-8-2-3-9(10)4-8/h8-10H,1-6H2. The average Bonchev–Trinajstić information content (AvgIpc) is 2.88. The zero-order valence-electron chi connectivity index (χ0n) is 9.83. The van der Waals surface area contributed by atoms with E-state index >= 15 is 0 Å². The Bertz CT molecular complexity index is 351. The Balaban J connectivity index is 1.70. The molecule has 0 spiro atoms. The zero-order chi connectivity index (χ0) is 13.3. The van der Waals surface area contributed by atoms with Gasteiger partial charge in [0.15, 0.2) is 6.79 Å². The molecule has 2 aliphatic carbocycles. The number of hydrogen-bond acceptors (Lipinski definition) is 3. The maximum Gasteiger partial charge on any atom is 0.422 e. The highest BCUT2D eigenvalue weighted by Crippen LogP contribution is 2.45. The van der Waals surface area contributed by atoms with Crippen molar-refractivity contribution < 1.29 is 27.4 Å². The van der Waals surface area contributed by atoms with Crippen molar-refractivity contribution in [3.05, 3.63) is 12.2 Å². The summed E-state index contributed by atoms with van der Waals surface area (Å²) >= 11 is 0. The maximum absolute atomic E-state index is 12.1. The largest absolute Gasteiger partial charge is 0.435 e. The third kappa shape index (κ3) is 2.85. The summed E-state index contributed by atoms with van der Waals surface area (Å²) in [7, 11) is 0. The van der Waals surface area contributed by atoms with E-state index in [9.17, 15) is 18.0 Å². The van der Waals surface area contributed by atoms with Crippen molar-refractivity contribution in [2.24, 2.45) is 11.8 Å². The van der Waals surface area contributed by atoms with Gasteiger partial charge in [-0.3, -0.25) is 0 Å². The monoisotopic (exact) mass is 264 g/mol. The van der Waals surface area contributed by atoms with E-state index in [0.29, 0.717) is 11.8 Å². The van der Waals surface area contributed by atoms with Crippen LogP contribution >= 0.6 is 0 Å². The van der Waals surface area contributed by atoms with E-state index in [1.807, 2.05) is 0 Å². The van der Waals surface area contributed by atoms with Crippen molar-refractivity contribution >= 4 is 5.97 Å². The van der Waals surface area contributed by atoms with Gasteiger partial charge in [-0.05, 0) is 37.5 Å². The van der Waals surface area contributed by atoms with E-state index in [1.165, 1.54) is 6.42 Å². The van der Waals surface area contributed by atoms with Crippen molar-refractivity contribution in [1.82, 2.24) is 0 Å². The predicted octanol–water partition coefficient (Wildman–Crippen LogP) is 2.81. The highest BCUT2D eigenvalue weighted by atomic mass is 19.4. The zero-order valence-corrected chi connectivity index (χ0v) is 9.83. The highest BCUT2D eigenvalue weighted by molar-refractivity contribution is 5.89. The molecule has 0 amide bonds. The molecule has 102 valence electrons. The van der Waals surface area contributed by atoms with E-state index in [-0.39, 0.29) is 6.10 Å². The van der Waals surface area contributed by atoms with E-state index in [0.717, 1.165) is 19.3 Å². The van der Waals surface area contributed by atoms with Crippen LogP contribution in [0.5, 0.6) is 0 Å². The van der Waals surface area contributed by atoms with E-state index < -0.39 is 24.5 Å². The number of ether oxygens (including phenoxy) is 2. The summed E-state index contributed by atoms with van der Waals surface area (Å²) in [5.41, 5.74) is -1.50. The minimum Gasteiger partial charge on any atom is -0.435 e. The summed E-state index contributed by atoms with van der Waals surface area (Å²) in [6.45, 7) is 2.23. The minimum atomic E-state index is -4.75. The first-order valence-electron chi connectivity index (χ1n) is 5.92. The molecular formula is C12H15F3O3. The summed E-state index contributed by atoms with van der Waals surface area (Å²) < 4.78 is 46.1. The Morgan fingerprint density at radius 1 is 1.28 bits per heavy atom. The number of carbonyl (C=O) groups excluding carboxylic acids is 1. The lowest BCUT2D eigenvalue weighted by Crippen LogP contribution is -2.25. The summed E-state index contributed by atoms with van der Waals surface area (Å²) in [6.07, 6.45) is -0.385. The van der Waals surface area contributed by atoms with Gasteiger partial charge in [0.25, 0.3) is 0 Å².